The van der Waals surface area contributed by atoms with Crippen molar-refractivity contribution >= 4 is 23.2 Å². The van der Waals surface area contributed by atoms with Crippen LogP contribution in [0.5, 0.6) is 0 Å². The Hall–Kier alpha value is -1.01. The molecule has 0 aliphatic rings. The first-order valence-corrected chi connectivity index (χ1v) is 6.46. The van der Waals surface area contributed by atoms with Gasteiger partial charge in [0.1, 0.15) is 5.41 Å². The van der Waals surface area contributed by atoms with Crippen molar-refractivity contribution < 1.29 is 0 Å². The molecule has 4 heteroatoms. The molecule has 0 N–H and O–H groups in total. The largest absolute Gasteiger partial charge is 0.309 e. The van der Waals surface area contributed by atoms with Crippen LogP contribution in [-0.4, -0.2) is 25.5 Å². The molecule has 0 heterocycles. The first-order valence-electron chi connectivity index (χ1n) is 5.64. The van der Waals surface area contributed by atoms with Gasteiger partial charge in [0.2, 0.25) is 0 Å². The average molecular weight is 283 g/mol. The fraction of sp³-hybridized carbons (Fsp3) is 0.357. The van der Waals surface area contributed by atoms with Gasteiger partial charge in [0.25, 0.3) is 0 Å². The van der Waals surface area contributed by atoms with Crippen molar-refractivity contribution in [1.82, 2.24) is 4.90 Å². The van der Waals surface area contributed by atoms with Gasteiger partial charge in [-0.2, -0.15) is 5.26 Å². The van der Waals surface area contributed by atoms with Crippen LogP contribution in [0.1, 0.15) is 12.0 Å². The number of rotatable bonds is 5. The maximum Gasteiger partial charge on any atom is 0.120 e. The quantitative estimate of drug-likeness (QED) is 0.823. The summed E-state index contributed by atoms with van der Waals surface area (Å²) in [6.45, 7) is 0.753. The third-order valence-electron chi connectivity index (χ3n) is 2.89. The zero-order chi connectivity index (χ0) is 13.6. The first-order chi connectivity index (χ1) is 8.56. The average Bonchev–Trinajstić information content (AvgIpc) is 2.40. The summed E-state index contributed by atoms with van der Waals surface area (Å²) in [6, 6.07) is 11.8. The minimum Gasteiger partial charge on any atom is -0.309 e. The van der Waals surface area contributed by atoms with Crippen LogP contribution in [0.4, 0.5) is 0 Å². The normalized spacial score (nSPS) is 15.2. The van der Waals surface area contributed by atoms with Crippen molar-refractivity contribution in [2.75, 3.05) is 20.6 Å². The second-order valence-corrected chi connectivity index (χ2v) is 5.02. The maximum absolute atomic E-state index is 9.59. The molecular weight excluding hydrogens is 267 g/mol. The molecule has 0 aliphatic heterocycles. The van der Waals surface area contributed by atoms with Crippen LogP contribution in [0, 0.1) is 11.3 Å². The van der Waals surface area contributed by atoms with E-state index in [1.165, 1.54) is 5.54 Å². The molecule has 0 aliphatic carbocycles. The highest BCUT2D eigenvalue weighted by Crippen LogP contribution is 2.38. The van der Waals surface area contributed by atoms with E-state index in [-0.39, 0.29) is 0 Å². The summed E-state index contributed by atoms with van der Waals surface area (Å²) in [5.74, 6) is 0. The highest BCUT2D eigenvalue weighted by Gasteiger charge is 2.35. The number of nitriles is 1. The van der Waals surface area contributed by atoms with Gasteiger partial charge in [0.05, 0.1) is 11.1 Å². The second-order valence-electron chi connectivity index (χ2n) is 4.39. The molecule has 1 aromatic rings. The highest BCUT2D eigenvalue weighted by molar-refractivity contribution is 6.37. The second kappa shape index (κ2) is 6.80. The summed E-state index contributed by atoms with van der Waals surface area (Å²) in [4.78, 5) is 2.02. The molecule has 0 saturated heterocycles. The smallest absolute Gasteiger partial charge is 0.120 e. The van der Waals surface area contributed by atoms with Gasteiger partial charge in [-0.15, -0.1) is 0 Å². The lowest BCUT2D eigenvalue weighted by Gasteiger charge is -2.27. The van der Waals surface area contributed by atoms with Crippen LogP contribution >= 0.6 is 23.2 Å². The first kappa shape index (κ1) is 15.0. The highest BCUT2D eigenvalue weighted by atomic mass is 35.5. The number of nitrogens with zero attached hydrogens (tertiary/aromatic N) is 2. The van der Waals surface area contributed by atoms with Crippen LogP contribution in [-0.2, 0) is 5.41 Å². The van der Waals surface area contributed by atoms with Gasteiger partial charge in [-0.25, -0.2) is 0 Å². The van der Waals surface area contributed by atoms with Crippen molar-refractivity contribution in [3.8, 4) is 6.07 Å². The van der Waals surface area contributed by atoms with Crippen LogP contribution in [0.25, 0.3) is 0 Å². The minimum atomic E-state index is -0.866. The van der Waals surface area contributed by atoms with E-state index >= 15 is 0 Å². The van der Waals surface area contributed by atoms with Crippen molar-refractivity contribution in [3.05, 3.63) is 46.5 Å². The molecule has 0 bridgehead atoms. The fourth-order valence-electron chi connectivity index (χ4n) is 1.78. The lowest BCUT2D eigenvalue weighted by atomic mass is 9.78. The third-order valence-corrected chi connectivity index (χ3v) is 3.66. The number of allylic oxidation sites excluding steroid dienone is 1. The predicted octanol–water partition coefficient (Wildman–Crippen LogP) is 3.72. The SMILES string of the molecule is CN(C)CCC(C#N)(/C(Cl)=C\Cl)c1ccccc1. The van der Waals surface area contributed by atoms with Gasteiger partial charge in [-0.1, -0.05) is 53.5 Å². The van der Waals surface area contributed by atoms with Gasteiger partial charge in [0, 0.05) is 5.54 Å². The Morgan fingerprint density at radius 3 is 2.44 bits per heavy atom. The van der Waals surface area contributed by atoms with E-state index in [0.717, 1.165) is 12.1 Å². The number of hydrogen-bond acceptors (Lipinski definition) is 2. The monoisotopic (exact) mass is 282 g/mol. The molecule has 96 valence electrons. The molecule has 0 amide bonds. The van der Waals surface area contributed by atoms with Gasteiger partial charge in [-0.3, -0.25) is 0 Å². The van der Waals surface area contributed by atoms with E-state index in [1.807, 2.05) is 49.3 Å². The topological polar surface area (TPSA) is 27.0 Å². The van der Waals surface area contributed by atoms with Gasteiger partial charge >= 0.3 is 0 Å². The molecule has 0 radical (unpaired) electrons. The lowest BCUT2D eigenvalue weighted by molar-refractivity contribution is 0.373. The standard InChI is InChI=1S/C14H16Cl2N2/c1-18(2)9-8-14(11-17,13(16)10-15)12-6-4-3-5-7-12/h3-7,10H,8-9H2,1-2H3/b13-10+. The molecule has 1 aromatic carbocycles. The van der Waals surface area contributed by atoms with Gasteiger partial charge in [-0.05, 0) is 32.6 Å². The Morgan fingerprint density at radius 2 is 2.00 bits per heavy atom. The molecule has 0 fully saturated rings. The third kappa shape index (κ3) is 3.26. The molecule has 18 heavy (non-hydrogen) atoms. The number of benzene rings is 1. The number of hydrogen-bond donors (Lipinski definition) is 0. The van der Waals surface area contributed by atoms with Crippen molar-refractivity contribution in [3.63, 3.8) is 0 Å². The molecule has 1 atom stereocenters. The Bertz CT molecular complexity index is 449. The van der Waals surface area contributed by atoms with E-state index in [0.29, 0.717) is 11.5 Å². The van der Waals surface area contributed by atoms with E-state index in [9.17, 15) is 5.26 Å². The van der Waals surface area contributed by atoms with Crippen LogP contribution < -0.4 is 0 Å². The number of halogens is 2. The molecule has 0 spiro atoms. The lowest BCUT2D eigenvalue weighted by Crippen LogP contribution is -2.30. The Morgan fingerprint density at radius 1 is 1.39 bits per heavy atom. The Labute approximate surface area is 118 Å². The van der Waals surface area contributed by atoms with E-state index in [1.54, 1.807) is 0 Å². The van der Waals surface area contributed by atoms with Gasteiger partial charge < -0.3 is 4.90 Å². The van der Waals surface area contributed by atoms with E-state index in [4.69, 9.17) is 23.2 Å². The molecular formula is C14H16Cl2N2. The summed E-state index contributed by atoms with van der Waals surface area (Å²) in [6.07, 6.45) is 0.600. The van der Waals surface area contributed by atoms with Crippen LogP contribution in [0.2, 0.25) is 0 Å². The summed E-state index contributed by atoms with van der Waals surface area (Å²) in [5, 5.41) is 9.95. The maximum atomic E-state index is 9.59. The van der Waals surface area contributed by atoms with Crippen molar-refractivity contribution in [2.45, 2.75) is 11.8 Å². The minimum absolute atomic E-state index is 0.361. The summed E-state index contributed by atoms with van der Waals surface area (Å²) in [7, 11) is 3.93. The van der Waals surface area contributed by atoms with Crippen LogP contribution in [0.15, 0.2) is 40.9 Å². The van der Waals surface area contributed by atoms with Gasteiger partial charge in [0.15, 0.2) is 0 Å². The summed E-state index contributed by atoms with van der Waals surface area (Å²) >= 11 is 11.9. The molecule has 0 saturated carbocycles. The predicted molar refractivity (Wildman–Crippen MR) is 76.7 cm³/mol. The Kier molecular flexibility index (Phi) is 5.68. The van der Waals surface area contributed by atoms with E-state index < -0.39 is 5.41 Å². The summed E-state index contributed by atoms with van der Waals surface area (Å²) < 4.78 is 0. The zero-order valence-corrected chi connectivity index (χ0v) is 12.0. The Balaban J connectivity index is 3.20. The molecule has 0 aromatic heterocycles. The molecule has 2 nitrogen and oxygen atoms in total. The van der Waals surface area contributed by atoms with Crippen LogP contribution in [0.3, 0.4) is 0 Å². The summed E-state index contributed by atoms with van der Waals surface area (Å²) in [5.41, 5.74) is 1.29. The molecule has 1 unspecified atom stereocenters. The molecule has 1 rings (SSSR count). The van der Waals surface area contributed by atoms with Crippen molar-refractivity contribution in [1.29, 1.82) is 5.26 Å². The fourth-order valence-corrected chi connectivity index (χ4v) is 2.21. The van der Waals surface area contributed by atoms with E-state index in [2.05, 4.69) is 6.07 Å². The van der Waals surface area contributed by atoms with Crippen molar-refractivity contribution in [2.24, 2.45) is 0 Å². The zero-order valence-electron chi connectivity index (χ0n) is 10.5.